The highest BCUT2D eigenvalue weighted by Crippen LogP contribution is 2.33. The van der Waals surface area contributed by atoms with Crippen molar-refractivity contribution in [3.63, 3.8) is 0 Å². The molecule has 156 valence electrons. The lowest BCUT2D eigenvalue weighted by atomic mass is 10.1. The number of hydrogen-bond donors (Lipinski definition) is 5. The molecular formula is C22H25N5O3. The van der Waals surface area contributed by atoms with Crippen molar-refractivity contribution in [1.82, 2.24) is 15.0 Å². The van der Waals surface area contributed by atoms with E-state index in [0.29, 0.717) is 24.2 Å². The fourth-order valence-electron chi connectivity index (χ4n) is 4.00. The highest BCUT2D eigenvalue weighted by molar-refractivity contribution is 5.83. The van der Waals surface area contributed by atoms with E-state index >= 15 is 0 Å². The third kappa shape index (κ3) is 3.69. The molecular weight excluding hydrogens is 382 g/mol. The first-order chi connectivity index (χ1) is 14.6. The second-order valence-electron chi connectivity index (χ2n) is 8.17. The van der Waals surface area contributed by atoms with Crippen LogP contribution in [0.25, 0.3) is 22.2 Å². The van der Waals surface area contributed by atoms with E-state index in [9.17, 15) is 15.3 Å². The van der Waals surface area contributed by atoms with Gasteiger partial charge in [-0.25, -0.2) is 9.97 Å². The molecule has 4 atom stereocenters. The van der Waals surface area contributed by atoms with Gasteiger partial charge in [-0.2, -0.15) is 4.98 Å². The van der Waals surface area contributed by atoms with E-state index in [1.54, 1.807) is 6.20 Å². The van der Waals surface area contributed by atoms with Gasteiger partial charge in [0.15, 0.2) is 0 Å². The zero-order valence-corrected chi connectivity index (χ0v) is 16.4. The van der Waals surface area contributed by atoms with Crippen molar-refractivity contribution in [1.29, 1.82) is 0 Å². The molecule has 2 saturated carbocycles. The number of nitrogens with one attached hydrogen (secondary N) is 2. The third-order valence-corrected chi connectivity index (χ3v) is 5.93. The Morgan fingerprint density at radius 1 is 0.967 bits per heavy atom. The average molecular weight is 407 g/mol. The van der Waals surface area contributed by atoms with Gasteiger partial charge >= 0.3 is 0 Å². The van der Waals surface area contributed by atoms with Crippen LogP contribution in [0, 0.1) is 5.92 Å². The molecule has 2 aromatic heterocycles. The molecule has 2 heterocycles. The molecule has 5 rings (SSSR count). The van der Waals surface area contributed by atoms with E-state index < -0.39 is 18.2 Å². The largest absolute Gasteiger partial charge is 0.396 e. The number of aromatic nitrogens is 3. The summed E-state index contributed by atoms with van der Waals surface area (Å²) in [6.07, 6.45) is 2.42. The molecule has 2 fully saturated rings. The van der Waals surface area contributed by atoms with Crippen molar-refractivity contribution in [2.24, 2.45) is 5.92 Å². The smallest absolute Gasteiger partial charge is 0.224 e. The van der Waals surface area contributed by atoms with Crippen molar-refractivity contribution < 1.29 is 15.3 Å². The summed E-state index contributed by atoms with van der Waals surface area (Å²) < 4.78 is 0. The van der Waals surface area contributed by atoms with Crippen LogP contribution in [0.1, 0.15) is 19.3 Å². The number of benzene rings is 1. The van der Waals surface area contributed by atoms with Crippen LogP contribution in [0.2, 0.25) is 0 Å². The van der Waals surface area contributed by atoms with Gasteiger partial charge in [0.1, 0.15) is 11.9 Å². The molecule has 30 heavy (non-hydrogen) atoms. The van der Waals surface area contributed by atoms with E-state index in [-0.39, 0.29) is 12.5 Å². The third-order valence-electron chi connectivity index (χ3n) is 5.93. The highest BCUT2D eigenvalue weighted by atomic mass is 16.3. The second-order valence-corrected chi connectivity index (χ2v) is 8.17. The summed E-state index contributed by atoms with van der Waals surface area (Å²) in [6.45, 7) is -0.173. The molecule has 5 N–H and O–H groups in total. The summed E-state index contributed by atoms with van der Waals surface area (Å²) >= 11 is 0. The Labute approximate surface area is 174 Å². The van der Waals surface area contributed by atoms with Gasteiger partial charge in [-0.1, -0.05) is 24.3 Å². The molecule has 0 unspecified atom stereocenters. The molecule has 2 aliphatic carbocycles. The summed E-state index contributed by atoms with van der Waals surface area (Å²) in [5.41, 5.74) is 2.31. The number of aliphatic hydroxyl groups is 3. The van der Waals surface area contributed by atoms with Crippen LogP contribution in [0.15, 0.2) is 42.6 Å². The second kappa shape index (κ2) is 7.79. The van der Waals surface area contributed by atoms with E-state index in [0.717, 1.165) is 35.0 Å². The number of aliphatic hydroxyl groups excluding tert-OH is 3. The first kappa shape index (κ1) is 19.2. The maximum Gasteiger partial charge on any atom is 0.224 e. The summed E-state index contributed by atoms with van der Waals surface area (Å²) in [4.78, 5) is 13.9. The zero-order chi connectivity index (χ0) is 20.7. The van der Waals surface area contributed by atoms with Gasteiger partial charge in [0.2, 0.25) is 5.95 Å². The molecule has 0 spiro atoms. The number of fused-ring (bicyclic) bond motifs is 1. The predicted molar refractivity (Wildman–Crippen MR) is 114 cm³/mol. The Hall–Kier alpha value is -2.81. The van der Waals surface area contributed by atoms with Crippen LogP contribution in [0.5, 0.6) is 0 Å². The molecule has 3 aromatic rings. The minimum atomic E-state index is -0.991. The molecule has 8 heteroatoms. The highest BCUT2D eigenvalue weighted by Gasteiger charge is 2.41. The van der Waals surface area contributed by atoms with Gasteiger partial charge in [-0.15, -0.1) is 0 Å². The van der Waals surface area contributed by atoms with Gasteiger partial charge in [-0.05, 0) is 31.4 Å². The van der Waals surface area contributed by atoms with Gasteiger partial charge in [-0.3, -0.25) is 0 Å². The van der Waals surface area contributed by atoms with Crippen LogP contribution in [0.4, 0.5) is 11.8 Å². The molecule has 0 amide bonds. The van der Waals surface area contributed by atoms with Gasteiger partial charge in [0, 0.05) is 30.1 Å². The van der Waals surface area contributed by atoms with Gasteiger partial charge in [0.25, 0.3) is 0 Å². The Morgan fingerprint density at radius 2 is 1.80 bits per heavy atom. The summed E-state index contributed by atoms with van der Waals surface area (Å²) in [5, 5.41) is 37.7. The maximum atomic E-state index is 10.4. The van der Waals surface area contributed by atoms with Crippen molar-refractivity contribution in [2.45, 2.75) is 43.6 Å². The lowest BCUT2D eigenvalue weighted by Gasteiger charge is -2.20. The quantitative estimate of drug-likeness (QED) is 0.419. The van der Waals surface area contributed by atoms with Crippen LogP contribution in [-0.4, -0.2) is 61.2 Å². The monoisotopic (exact) mass is 407 g/mol. The van der Waals surface area contributed by atoms with Crippen molar-refractivity contribution in [3.8, 4) is 11.3 Å². The fourth-order valence-corrected chi connectivity index (χ4v) is 4.00. The number of para-hydroxylation sites is 1. The van der Waals surface area contributed by atoms with Crippen molar-refractivity contribution in [3.05, 3.63) is 42.6 Å². The summed E-state index contributed by atoms with van der Waals surface area (Å²) in [6, 6.07) is 11.8. The minimum absolute atomic E-state index is 0.173. The SMILES string of the molecule is OC[C@H]1C[C@@H](Nc2nc(NC3CC3)ncc2-c2ccc3ccccc3n2)[C@H](O)[C@@H]1O. The van der Waals surface area contributed by atoms with Crippen molar-refractivity contribution in [2.75, 3.05) is 17.2 Å². The van der Waals surface area contributed by atoms with E-state index in [4.69, 9.17) is 4.98 Å². The fraction of sp³-hybridized carbons (Fsp3) is 0.409. The standard InChI is InChI=1S/C22H25N5O3/c28-11-13-9-18(20(30)19(13)29)26-21-15(10-23-22(27-21)24-14-6-7-14)17-8-5-12-3-1-2-4-16(12)25-17/h1-5,8,10,13-14,18-20,28-30H,6-7,9,11H2,(H2,23,24,26,27)/t13-,18-,19-,20+/m1/s1. The van der Waals surface area contributed by atoms with Crippen LogP contribution in [-0.2, 0) is 0 Å². The van der Waals surface area contributed by atoms with E-state index in [1.807, 2.05) is 36.4 Å². The lowest BCUT2D eigenvalue weighted by molar-refractivity contribution is 0.00446. The number of pyridine rings is 1. The average Bonchev–Trinajstić information content (AvgIpc) is 3.55. The van der Waals surface area contributed by atoms with Crippen LogP contribution in [0.3, 0.4) is 0 Å². The Morgan fingerprint density at radius 3 is 2.57 bits per heavy atom. The number of hydrogen-bond acceptors (Lipinski definition) is 8. The first-order valence-electron chi connectivity index (χ1n) is 10.4. The van der Waals surface area contributed by atoms with Gasteiger partial charge < -0.3 is 26.0 Å². The molecule has 8 nitrogen and oxygen atoms in total. The summed E-state index contributed by atoms with van der Waals surface area (Å²) in [7, 11) is 0. The minimum Gasteiger partial charge on any atom is -0.396 e. The molecule has 2 aliphatic rings. The molecule has 1 aromatic carbocycles. The van der Waals surface area contributed by atoms with E-state index in [1.165, 1.54) is 0 Å². The van der Waals surface area contributed by atoms with Crippen LogP contribution < -0.4 is 10.6 Å². The topological polar surface area (TPSA) is 123 Å². The molecule has 0 radical (unpaired) electrons. The molecule has 0 saturated heterocycles. The lowest BCUT2D eigenvalue weighted by Crippen LogP contribution is -2.35. The molecule has 0 bridgehead atoms. The zero-order valence-electron chi connectivity index (χ0n) is 16.4. The number of anilines is 2. The Bertz CT molecular complexity index is 1060. The predicted octanol–water partition coefficient (Wildman–Crippen LogP) is 1.78. The van der Waals surface area contributed by atoms with Crippen molar-refractivity contribution >= 4 is 22.7 Å². The molecule has 0 aliphatic heterocycles. The number of rotatable bonds is 6. The Kier molecular flexibility index (Phi) is 4.98. The Balaban J connectivity index is 1.51. The normalized spacial score (nSPS) is 26.1. The van der Waals surface area contributed by atoms with E-state index in [2.05, 4.69) is 20.6 Å². The number of nitrogens with zero attached hydrogens (tertiary/aromatic N) is 3. The summed E-state index contributed by atoms with van der Waals surface area (Å²) in [5.74, 6) is 0.702. The maximum absolute atomic E-state index is 10.4. The first-order valence-corrected chi connectivity index (χ1v) is 10.4. The van der Waals surface area contributed by atoms with Gasteiger partial charge in [0.05, 0.1) is 28.9 Å². The van der Waals surface area contributed by atoms with Crippen LogP contribution >= 0.6 is 0 Å².